The lowest BCUT2D eigenvalue weighted by Crippen LogP contribution is -2.44. The Labute approximate surface area is 120 Å². The topological polar surface area (TPSA) is 87.3 Å². The standard InChI is InChI=1S/C13H21N3O3S/c1-13(2,3)16-20(18,19)10-9-14-12(17)15-11-7-5-4-6-8-11/h4-8,16H,9-10H2,1-3H3,(H2,14,15,17). The van der Waals surface area contributed by atoms with E-state index in [-0.39, 0.29) is 12.3 Å². The van der Waals surface area contributed by atoms with Crippen LogP contribution in [0.2, 0.25) is 0 Å². The molecule has 7 heteroatoms. The van der Waals surface area contributed by atoms with Gasteiger partial charge in [-0.1, -0.05) is 18.2 Å². The van der Waals surface area contributed by atoms with E-state index in [1.54, 1.807) is 45.0 Å². The second kappa shape index (κ2) is 6.71. The maximum Gasteiger partial charge on any atom is 0.319 e. The molecular weight excluding hydrogens is 278 g/mol. The number of nitrogens with one attached hydrogen (secondary N) is 3. The van der Waals surface area contributed by atoms with E-state index in [2.05, 4.69) is 15.4 Å². The lowest BCUT2D eigenvalue weighted by atomic mass is 10.1. The highest BCUT2D eigenvalue weighted by molar-refractivity contribution is 7.89. The minimum absolute atomic E-state index is 0.0457. The van der Waals surface area contributed by atoms with Crippen molar-refractivity contribution in [1.29, 1.82) is 0 Å². The lowest BCUT2D eigenvalue weighted by molar-refractivity contribution is 0.252. The maximum absolute atomic E-state index is 11.7. The molecule has 1 aromatic rings. The van der Waals surface area contributed by atoms with Gasteiger partial charge in [-0.2, -0.15) is 0 Å². The van der Waals surface area contributed by atoms with E-state index < -0.39 is 21.6 Å². The second-order valence-electron chi connectivity index (χ2n) is 5.42. The van der Waals surface area contributed by atoms with Gasteiger partial charge in [-0.15, -0.1) is 0 Å². The van der Waals surface area contributed by atoms with E-state index in [9.17, 15) is 13.2 Å². The predicted molar refractivity (Wildman–Crippen MR) is 80.1 cm³/mol. The summed E-state index contributed by atoms with van der Waals surface area (Å²) in [4.78, 5) is 11.5. The Kier molecular flexibility index (Phi) is 5.52. The van der Waals surface area contributed by atoms with Crippen molar-refractivity contribution < 1.29 is 13.2 Å². The van der Waals surface area contributed by atoms with Crippen LogP contribution in [0.25, 0.3) is 0 Å². The molecule has 2 amide bonds. The summed E-state index contributed by atoms with van der Waals surface area (Å²) in [5.41, 5.74) is 0.131. The van der Waals surface area contributed by atoms with Crippen molar-refractivity contribution in [3.8, 4) is 0 Å². The summed E-state index contributed by atoms with van der Waals surface area (Å²) in [6.07, 6.45) is 0. The molecular formula is C13H21N3O3S. The Morgan fingerprint density at radius 1 is 1.15 bits per heavy atom. The molecule has 1 rings (SSSR count). The van der Waals surface area contributed by atoms with Gasteiger partial charge in [0.2, 0.25) is 10.0 Å². The van der Waals surface area contributed by atoms with Crippen molar-refractivity contribution in [2.45, 2.75) is 26.3 Å². The molecule has 1 aromatic carbocycles. The maximum atomic E-state index is 11.7. The molecule has 0 aromatic heterocycles. The van der Waals surface area contributed by atoms with E-state index in [0.717, 1.165) is 0 Å². The van der Waals surface area contributed by atoms with Crippen molar-refractivity contribution in [3.05, 3.63) is 30.3 Å². The molecule has 0 unspecified atom stereocenters. The summed E-state index contributed by atoms with van der Waals surface area (Å²) < 4.78 is 25.9. The van der Waals surface area contributed by atoms with E-state index in [4.69, 9.17) is 0 Å². The highest BCUT2D eigenvalue weighted by Gasteiger charge is 2.19. The molecule has 0 aliphatic heterocycles. The molecule has 0 saturated heterocycles. The number of sulfonamides is 1. The number of urea groups is 1. The first-order valence-corrected chi connectivity index (χ1v) is 7.95. The lowest BCUT2D eigenvalue weighted by Gasteiger charge is -2.20. The number of anilines is 1. The minimum atomic E-state index is -3.40. The average Bonchev–Trinajstić information content (AvgIpc) is 2.26. The average molecular weight is 299 g/mol. The highest BCUT2D eigenvalue weighted by Crippen LogP contribution is 2.04. The molecule has 0 bridgehead atoms. The number of hydrogen-bond donors (Lipinski definition) is 3. The molecule has 0 aliphatic carbocycles. The normalized spacial score (nSPS) is 11.9. The van der Waals surface area contributed by atoms with Gasteiger partial charge in [-0.25, -0.2) is 17.9 Å². The first kappa shape index (κ1) is 16.5. The molecule has 6 nitrogen and oxygen atoms in total. The summed E-state index contributed by atoms with van der Waals surface area (Å²) in [5, 5.41) is 5.11. The summed E-state index contributed by atoms with van der Waals surface area (Å²) >= 11 is 0. The fraction of sp³-hybridized carbons (Fsp3) is 0.462. The van der Waals surface area contributed by atoms with Gasteiger partial charge in [0.25, 0.3) is 0 Å². The Morgan fingerprint density at radius 2 is 1.75 bits per heavy atom. The number of benzene rings is 1. The zero-order valence-corrected chi connectivity index (χ0v) is 12.8. The molecule has 0 radical (unpaired) electrons. The van der Waals surface area contributed by atoms with Gasteiger partial charge in [0.1, 0.15) is 0 Å². The number of para-hydroxylation sites is 1. The molecule has 0 spiro atoms. The smallest absolute Gasteiger partial charge is 0.319 e. The van der Waals surface area contributed by atoms with Crippen LogP contribution in [0.15, 0.2) is 30.3 Å². The molecule has 3 N–H and O–H groups in total. The van der Waals surface area contributed by atoms with Gasteiger partial charge in [0.15, 0.2) is 0 Å². The van der Waals surface area contributed by atoms with Crippen molar-refractivity contribution in [3.63, 3.8) is 0 Å². The van der Waals surface area contributed by atoms with Crippen LogP contribution >= 0.6 is 0 Å². The largest absolute Gasteiger partial charge is 0.337 e. The van der Waals surface area contributed by atoms with Gasteiger partial charge in [0, 0.05) is 17.8 Å². The highest BCUT2D eigenvalue weighted by atomic mass is 32.2. The van der Waals surface area contributed by atoms with E-state index >= 15 is 0 Å². The van der Waals surface area contributed by atoms with Crippen molar-refractivity contribution in [2.24, 2.45) is 0 Å². The number of rotatable bonds is 5. The zero-order chi connectivity index (χ0) is 15.2. The van der Waals surface area contributed by atoms with Crippen molar-refractivity contribution in [2.75, 3.05) is 17.6 Å². The van der Waals surface area contributed by atoms with Crippen LogP contribution in [-0.2, 0) is 10.0 Å². The van der Waals surface area contributed by atoms with Crippen LogP contribution in [0, 0.1) is 0 Å². The SMILES string of the molecule is CC(C)(C)NS(=O)(=O)CCNC(=O)Nc1ccccc1. The van der Waals surface area contributed by atoms with Crippen molar-refractivity contribution >= 4 is 21.7 Å². The first-order valence-electron chi connectivity index (χ1n) is 6.29. The van der Waals surface area contributed by atoms with Crippen molar-refractivity contribution in [1.82, 2.24) is 10.0 Å². The number of carbonyl (C=O) groups is 1. The molecule has 0 aliphatic rings. The third-order valence-electron chi connectivity index (χ3n) is 2.15. The van der Waals surface area contributed by atoms with E-state index in [1.807, 2.05) is 6.07 Å². The summed E-state index contributed by atoms with van der Waals surface area (Å²) in [5.74, 6) is -0.160. The third kappa shape index (κ3) is 7.10. The van der Waals surface area contributed by atoms with Gasteiger partial charge in [-0.05, 0) is 32.9 Å². The van der Waals surface area contributed by atoms with Crippen LogP contribution < -0.4 is 15.4 Å². The van der Waals surface area contributed by atoms with Gasteiger partial charge < -0.3 is 10.6 Å². The number of carbonyl (C=O) groups excluding carboxylic acids is 1. The summed E-state index contributed by atoms with van der Waals surface area (Å²) in [7, 11) is -3.40. The monoisotopic (exact) mass is 299 g/mol. The van der Waals surface area contributed by atoms with Gasteiger partial charge >= 0.3 is 6.03 Å². The quantitative estimate of drug-likeness (QED) is 0.770. The molecule has 20 heavy (non-hydrogen) atoms. The van der Waals surface area contributed by atoms with E-state index in [1.165, 1.54) is 0 Å². The summed E-state index contributed by atoms with van der Waals surface area (Å²) in [6, 6.07) is 8.51. The molecule has 0 heterocycles. The number of hydrogen-bond acceptors (Lipinski definition) is 3. The number of amides is 2. The zero-order valence-electron chi connectivity index (χ0n) is 11.9. The molecule has 112 valence electrons. The molecule has 0 saturated carbocycles. The van der Waals surface area contributed by atoms with Crippen LogP contribution in [0.5, 0.6) is 0 Å². The van der Waals surface area contributed by atoms with Crippen LogP contribution in [-0.4, -0.2) is 32.3 Å². The molecule has 0 atom stereocenters. The Hall–Kier alpha value is -1.60. The van der Waals surface area contributed by atoms with Crippen LogP contribution in [0.4, 0.5) is 10.5 Å². The van der Waals surface area contributed by atoms with Crippen LogP contribution in [0.3, 0.4) is 0 Å². The predicted octanol–water partition coefficient (Wildman–Crippen LogP) is 1.53. The Balaban J connectivity index is 2.36. The minimum Gasteiger partial charge on any atom is -0.337 e. The van der Waals surface area contributed by atoms with Gasteiger partial charge in [-0.3, -0.25) is 0 Å². The fourth-order valence-corrected chi connectivity index (χ4v) is 2.92. The van der Waals surface area contributed by atoms with Crippen LogP contribution in [0.1, 0.15) is 20.8 Å². The Morgan fingerprint density at radius 3 is 2.30 bits per heavy atom. The first-order chi connectivity index (χ1) is 9.18. The summed E-state index contributed by atoms with van der Waals surface area (Å²) in [6.45, 7) is 5.34. The Bertz CT molecular complexity index is 536. The third-order valence-corrected chi connectivity index (χ3v) is 3.81. The van der Waals surface area contributed by atoms with Gasteiger partial charge in [0.05, 0.1) is 5.75 Å². The van der Waals surface area contributed by atoms with E-state index in [0.29, 0.717) is 5.69 Å². The fourth-order valence-electron chi connectivity index (χ4n) is 1.51. The second-order valence-corrected chi connectivity index (χ2v) is 7.26. The molecule has 0 fully saturated rings.